The summed E-state index contributed by atoms with van der Waals surface area (Å²) in [4.78, 5) is 41.6. The molecule has 4 rings (SSSR count). The van der Waals surface area contributed by atoms with Gasteiger partial charge in [0.05, 0.1) is 23.4 Å². The van der Waals surface area contributed by atoms with E-state index in [2.05, 4.69) is 5.32 Å². The number of nitrogens with one attached hydrogen (secondary N) is 1. The highest BCUT2D eigenvalue weighted by molar-refractivity contribution is 6.32. The van der Waals surface area contributed by atoms with Crippen molar-refractivity contribution in [3.05, 3.63) is 53.1 Å². The molecule has 2 aliphatic rings. The van der Waals surface area contributed by atoms with Crippen molar-refractivity contribution in [1.29, 1.82) is 0 Å². The predicted molar refractivity (Wildman–Crippen MR) is 114 cm³/mol. The molecular formula is C22H22ClN3O4. The summed E-state index contributed by atoms with van der Waals surface area (Å²) in [6.07, 6.45) is 0.988. The van der Waals surface area contributed by atoms with Crippen LogP contribution in [0.5, 0.6) is 5.75 Å². The summed E-state index contributed by atoms with van der Waals surface area (Å²) in [6.45, 7) is 2.08. The zero-order chi connectivity index (χ0) is 21.5. The molecule has 7 nitrogen and oxygen atoms in total. The fourth-order valence-electron chi connectivity index (χ4n) is 4.22. The number of nitrogens with zero attached hydrogens (tertiary/aromatic N) is 2. The van der Waals surface area contributed by atoms with Crippen LogP contribution in [0.3, 0.4) is 0 Å². The Labute approximate surface area is 179 Å². The van der Waals surface area contributed by atoms with Gasteiger partial charge in [0, 0.05) is 25.1 Å². The molecular weight excluding hydrogens is 406 g/mol. The third-order valence-electron chi connectivity index (χ3n) is 5.74. The summed E-state index contributed by atoms with van der Waals surface area (Å²) in [5, 5.41) is 3.19. The number of hydrogen-bond acceptors (Lipinski definition) is 4. The Balaban J connectivity index is 1.51. The Hall–Kier alpha value is -3.06. The summed E-state index contributed by atoms with van der Waals surface area (Å²) in [5.41, 5.74) is 0.894. The van der Waals surface area contributed by atoms with Crippen molar-refractivity contribution in [2.75, 3.05) is 23.9 Å². The minimum Gasteiger partial charge on any atom is -0.495 e. The summed E-state index contributed by atoms with van der Waals surface area (Å²) >= 11 is 6.10. The molecule has 1 saturated heterocycles. The largest absolute Gasteiger partial charge is 0.495 e. The van der Waals surface area contributed by atoms with E-state index in [9.17, 15) is 14.4 Å². The molecule has 8 heteroatoms. The van der Waals surface area contributed by atoms with Crippen molar-refractivity contribution in [2.24, 2.45) is 0 Å². The van der Waals surface area contributed by atoms with Gasteiger partial charge in [-0.05, 0) is 43.7 Å². The Bertz CT molecular complexity index is 1040. The van der Waals surface area contributed by atoms with E-state index in [1.54, 1.807) is 46.2 Å². The van der Waals surface area contributed by atoms with Crippen LogP contribution in [0.2, 0.25) is 5.02 Å². The molecule has 2 aliphatic heterocycles. The number of ether oxygens (including phenoxy) is 1. The second-order valence-corrected chi connectivity index (χ2v) is 7.97. The van der Waals surface area contributed by atoms with E-state index in [1.165, 1.54) is 7.11 Å². The number of fused-ring (bicyclic) bond motifs is 3. The lowest BCUT2D eigenvalue weighted by Gasteiger charge is -2.48. The van der Waals surface area contributed by atoms with Crippen molar-refractivity contribution in [3.63, 3.8) is 0 Å². The van der Waals surface area contributed by atoms with E-state index in [4.69, 9.17) is 16.3 Å². The normalized spacial score (nSPS) is 20.1. The molecule has 30 heavy (non-hydrogen) atoms. The van der Waals surface area contributed by atoms with Gasteiger partial charge in [-0.1, -0.05) is 23.7 Å². The fraction of sp³-hybridized carbons (Fsp3) is 0.318. The molecule has 3 amide bonds. The Morgan fingerprint density at radius 1 is 1.23 bits per heavy atom. The van der Waals surface area contributed by atoms with Crippen LogP contribution in [-0.2, 0) is 9.59 Å². The number of rotatable bonds is 5. The number of para-hydroxylation sites is 1. The highest BCUT2D eigenvalue weighted by atomic mass is 35.5. The lowest BCUT2D eigenvalue weighted by molar-refractivity contribution is -0.117. The second-order valence-electron chi connectivity index (χ2n) is 7.57. The molecule has 2 aromatic carbocycles. The standard InChI is InChI=1S/C22H22ClN3O4/c1-22-11-9-20(28)26(22)17-6-4-3-5-15(17)21(29)25(22)12-10-19(27)24-14-7-8-18(30-2)16(23)13-14/h3-8,13H,9-12H2,1-2H3,(H,24,27). The van der Waals surface area contributed by atoms with Crippen LogP contribution in [0, 0.1) is 0 Å². The van der Waals surface area contributed by atoms with Gasteiger partial charge in [-0.2, -0.15) is 0 Å². The third kappa shape index (κ3) is 3.29. The minimum absolute atomic E-state index is 0.0141. The maximum atomic E-state index is 13.2. The van der Waals surface area contributed by atoms with Crippen molar-refractivity contribution >= 4 is 40.7 Å². The zero-order valence-corrected chi connectivity index (χ0v) is 17.5. The Morgan fingerprint density at radius 3 is 2.73 bits per heavy atom. The van der Waals surface area contributed by atoms with Gasteiger partial charge in [-0.3, -0.25) is 19.3 Å². The maximum Gasteiger partial charge on any atom is 0.257 e. The fourth-order valence-corrected chi connectivity index (χ4v) is 4.48. The number of amides is 3. The van der Waals surface area contributed by atoms with Crippen molar-refractivity contribution in [3.8, 4) is 5.75 Å². The van der Waals surface area contributed by atoms with Crippen LogP contribution >= 0.6 is 11.6 Å². The molecule has 0 aliphatic carbocycles. The molecule has 0 radical (unpaired) electrons. The lowest BCUT2D eigenvalue weighted by atomic mass is 9.98. The van der Waals surface area contributed by atoms with Gasteiger partial charge in [-0.15, -0.1) is 0 Å². The summed E-state index contributed by atoms with van der Waals surface area (Å²) in [5.74, 6) is 0.0904. The Morgan fingerprint density at radius 2 is 2.00 bits per heavy atom. The first-order valence-electron chi connectivity index (χ1n) is 9.72. The van der Waals surface area contributed by atoms with Crippen LogP contribution in [0.4, 0.5) is 11.4 Å². The van der Waals surface area contributed by atoms with Crippen molar-refractivity contribution in [1.82, 2.24) is 4.90 Å². The first kappa shape index (κ1) is 20.2. The molecule has 1 fully saturated rings. The summed E-state index contributed by atoms with van der Waals surface area (Å²) in [7, 11) is 1.52. The van der Waals surface area contributed by atoms with E-state index < -0.39 is 5.66 Å². The average molecular weight is 428 g/mol. The SMILES string of the molecule is COc1ccc(NC(=O)CCN2C(=O)c3ccccc3N3C(=O)CCC23C)cc1Cl. The van der Waals surface area contributed by atoms with Crippen molar-refractivity contribution in [2.45, 2.75) is 31.8 Å². The van der Waals surface area contributed by atoms with Crippen LogP contribution < -0.4 is 15.0 Å². The highest BCUT2D eigenvalue weighted by Gasteiger charge is 2.52. The van der Waals surface area contributed by atoms with Gasteiger partial charge in [0.25, 0.3) is 5.91 Å². The summed E-state index contributed by atoms with van der Waals surface area (Å²) in [6, 6.07) is 12.1. The van der Waals surface area contributed by atoms with Gasteiger partial charge in [0.2, 0.25) is 11.8 Å². The highest BCUT2D eigenvalue weighted by Crippen LogP contribution is 2.44. The number of anilines is 2. The molecule has 1 unspecified atom stereocenters. The number of carbonyl (C=O) groups is 3. The number of carbonyl (C=O) groups excluding carboxylic acids is 3. The van der Waals surface area contributed by atoms with E-state index >= 15 is 0 Å². The molecule has 0 spiro atoms. The maximum absolute atomic E-state index is 13.2. The van der Waals surface area contributed by atoms with E-state index in [0.717, 1.165) is 0 Å². The summed E-state index contributed by atoms with van der Waals surface area (Å²) < 4.78 is 5.11. The molecule has 0 aromatic heterocycles. The Kier molecular flexibility index (Phi) is 5.15. The number of methoxy groups -OCH3 is 1. The molecule has 1 N–H and O–H groups in total. The van der Waals surface area contributed by atoms with E-state index in [-0.39, 0.29) is 30.7 Å². The third-order valence-corrected chi connectivity index (χ3v) is 6.04. The molecule has 0 bridgehead atoms. The van der Waals surface area contributed by atoms with Crippen LogP contribution in [0.15, 0.2) is 42.5 Å². The minimum atomic E-state index is -0.772. The van der Waals surface area contributed by atoms with Gasteiger partial charge in [0.1, 0.15) is 11.4 Å². The van der Waals surface area contributed by atoms with E-state index in [0.29, 0.717) is 40.6 Å². The molecule has 0 saturated carbocycles. The van der Waals surface area contributed by atoms with E-state index in [1.807, 2.05) is 13.0 Å². The molecule has 2 heterocycles. The first-order chi connectivity index (χ1) is 14.3. The first-order valence-corrected chi connectivity index (χ1v) is 10.1. The molecule has 2 aromatic rings. The van der Waals surface area contributed by atoms with Crippen molar-refractivity contribution < 1.29 is 19.1 Å². The monoisotopic (exact) mass is 427 g/mol. The van der Waals surface area contributed by atoms with Gasteiger partial charge < -0.3 is 15.0 Å². The predicted octanol–water partition coefficient (Wildman–Crippen LogP) is 3.68. The lowest BCUT2D eigenvalue weighted by Crippen LogP contribution is -2.62. The van der Waals surface area contributed by atoms with Crippen LogP contribution in [0.1, 0.15) is 36.5 Å². The second kappa shape index (κ2) is 7.65. The van der Waals surface area contributed by atoms with Gasteiger partial charge >= 0.3 is 0 Å². The quantitative estimate of drug-likeness (QED) is 0.789. The van der Waals surface area contributed by atoms with Crippen LogP contribution in [0.25, 0.3) is 0 Å². The van der Waals surface area contributed by atoms with Gasteiger partial charge in [0.15, 0.2) is 0 Å². The smallest absolute Gasteiger partial charge is 0.257 e. The topological polar surface area (TPSA) is 79.0 Å². The molecule has 156 valence electrons. The molecule has 1 atom stereocenters. The van der Waals surface area contributed by atoms with Gasteiger partial charge in [-0.25, -0.2) is 0 Å². The van der Waals surface area contributed by atoms with Crippen LogP contribution in [-0.4, -0.2) is 41.9 Å². The number of benzene rings is 2. The average Bonchev–Trinajstić information content (AvgIpc) is 3.03. The number of hydrogen-bond donors (Lipinski definition) is 1. The number of halogens is 1. The zero-order valence-electron chi connectivity index (χ0n) is 16.8.